The van der Waals surface area contributed by atoms with Crippen LogP contribution in [-0.4, -0.2) is 25.3 Å². The first-order chi connectivity index (χ1) is 7.84. The third-order valence-corrected chi connectivity index (χ3v) is 2.04. The van der Waals surface area contributed by atoms with Crippen LogP contribution in [0.4, 0.5) is 0 Å². The van der Waals surface area contributed by atoms with Crippen LogP contribution >= 0.6 is 0 Å². The molecule has 1 fully saturated rings. The lowest BCUT2D eigenvalue weighted by Gasteiger charge is -1.97. The zero-order valence-electron chi connectivity index (χ0n) is 8.80. The number of hydrogen-bond donors (Lipinski definition) is 1. The Morgan fingerprint density at radius 2 is 2.12 bits per heavy atom. The van der Waals surface area contributed by atoms with E-state index in [0.29, 0.717) is 19.0 Å². The second-order valence-electron chi connectivity index (χ2n) is 3.28. The summed E-state index contributed by atoms with van der Waals surface area (Å²) in [6.45, 7) is 1.12. The maximum Gasteiger partial charge on any atom is 0.220 e. The minimum Gasteiger partial charge on any atom is -0.452 e. The van der Waals surface area contributed by atoms with Gasteiger partial charge in [0.05, 0.1) is 6.54 Å². The van der Waals surface area contributed by atoms with Crippen molar-refractivity contribution in [2.45, 2.75) is 6.54 Å². The number of guanidine groups is 1. The fourth-order valence-electron chi connectivity index (χ4n) is 1.26. The van der Waals surface area contributed by atoms with E-state index in [1.54, 1.807) is 0 Å². The molecule has 84 valence electrons. The quantitative estimate of drug-likeness (QED) is 0.593. The normalized spacial score (nSPS) is 18.8. The van der Waals surface area contributed by atoms with Gasteiger partial charge in [0.25, 0.3) is 0 Å². The summed E-state index contributed by atoms with van der Waals surface area (Å²) in [6.07, 6.45) is 0. The van der Waals surface area contributed by atoms with Gasteiger partial charge in [-0.25, -0.2) is 4.99 Å². The first kappa shape index (κ1) is 10.6. The summed E-state index contributed by atoms with van der Waals surface area (Å²) in [5.74, 6) is 0.693. The minimum absolute atomic E-state index is 0.212. The van der Waals surface area contributed by atoms with E-state index in [1.165, 1.54) is 0 Å². The fraction of sp³-hybridized carbons (Fsp3) is 0.273. The summed E-state index contributed by atoms with van der Waals surface area (Å²) in [6, 6.07) is 9.85. The first-order valence-electron chi connectivity index (χ1n) is 4.96. The molecule has 1 heterocycles. The molecule has 0 atom stereocenters. The second kappa shape index (κ2) is 5.27. The molecule has 2 rings (SSSR count). The first-order valence-corrected chi connectivity index (χ1v) is 4.96. The number of ether oxygens (including phenoxy) is 2. The highest BCUT2D eigenvalue weighted by Crippen LogP contribution is 2.01. The number of nitrogens with zero attached hydrogens (tertiary/aromatic N) is 2. The van der Waals surface area contributed by atoms with Crippen molar-refractivity contribution in [3.8, 4) is 0 Å². The van der Waals surface area contributed by atoms with Crippen LogP contribution < -0.4 is 5.73 Å². The molecule has 0 spiro atoms. The van der Waals surface area contributed by atoms with Crippen molar-refractivity contribution in [1.82, 2.24) is 0 Å². The van der Waals surface area contributed by atoms with Gasteiger partial charge in [-0.05, 0) is 5.56 Å². The smallest absolute Gasteiger partial charge is 0.220 e. The lowest BCUT2D eigenvalue weighted by atomic mass is 10.2. The van der Waals surface area contributed by atoms with Crippen LogP contribution in [0.25, 0.3) is 0 Å². The molecule has 0 amide bonds. The molecule has 1 aliphatic heterocycles. The molecule has 0 saturated carbocycles. The lowest BCUT2D eigenvalue weighted by Crippen LogP contribution is -2.13. The Morgan fingerprint density at radius 1 is 1.31 bits per heavy atom. The van der Waals surface area contributed by atoms with E-state index in [1.807, 2.05) is 30.3 Å². The van der Waals surface area contributed by atoms with Crippen molar-refractivity contribution in [3.63, 3.8) is 0 Å². The monoisotopic (exact) mass is 219 g/mol. The van der Waals surface area contributed by atoms with Crippen molar-refractivity contribution in [3.05, 3.63) is 35.9 Å². The van der Waals surface area contributed by atoms with Crippen LogP contribution in [0, 0.1) is 0 Å². The third-order valence-electron chi connectivity index (χ3n) is 2.04. The zero-order valence-corrected chi connectivity index (χ0v) is 8.80. The van der Waals surface area contributed by atoms with Gasteiger partial charge in [-0.3, -0.25) is 0 Å². The van der Waals surface area contributed by atoms with Crippen LogP contribution in [0.15, 0.2) is 40.3 Å². The average molecular weight is 219 g/mol. The topological polar surface area (TPSA) is 69.2 Å². The number of nitrogens with two attached hydrogens (primary N) is 1. The molecule has 16 heavy (non-hydrogen) atoms. The summed E-state index contributed by atoms with van der Waals surface area (Å²) >= 11 is 0. The Hall–Kier alpha value is -1.88. The Morgan fingerprint density at radius 3 is 2.81 bits per heavy atom. The summed E-state index contributed by atoms with van der Waals surface area (Å²) in [4.78, 5) is 8.12. The molecule has 0 bridgehead atoms. The number of rotatable bonds is 2. The van der Waals surface area contributed by atoms with E-state index in [9.17, 15) is 0 Å². The lowest BCUT2D eigenvalue weighted by molar-refractivity contribution is 0.0890. The SMILES string of the molecule is NC(=NCc1ccccc1)N=C1COCO1. The summed E-state index contributed by atoms with van der Waals surface area (Å²) in [5.41, 5.74) is 6.72. The molecule has 1 aromatic carbocycles. The minimum atomic E-state index is 0.212. The maximum absolute atomic E-state index is 5.63. The number of hydrogen-bond acceptors (Lipinski definition) is 3. The molecular weight excluding hydrogens is 206 g/mol. The largest absolute Gasteiger partial charge is 0.452 e. The third kappa shape index (κ3) is 3.06. The van der Waals surface area contributed by atoms with E-state index in [4.69, 9.17) is 15.2 Å². The van der Waals surface area contributed by atoms with E-state index < -0.39 is 0 Å². The summed E-state index contributed by atoms with van der Waals surface area (Å²) in [5, 5.41) is 0. The summed E-state index contributed by atoms with van der Waals surface area (Å²) < 4.78 is 10.00. The van der Waals surface area contributed by atoms with Crippen molar-refractivity contribution in [1.29, 1.82) is 0 Å². The maximum atomic E-state index is 5.63. The molecule has 5 nitrogen and oxygen atoms in total. The highest BCUT2D eigenvalue weighted by Gasteiger charge is 2.09. The van der Waals surface area contributed by atoms with Gasteiger partial charge in [-0.1, -0.05) is 30.3 Å². The molecule has 0 radical (unpaired) electrons. The molecular formula is C11H13N3O2. The van der Waals surface area contributed by atoms with Gasteiger partial charge in [0, 0.05) is 0 Å². The van der Waals surface area contributed by atoms with Gasteiger partial charge >= 0.3 is 0 Å². The van der Waals surface area contributed by atoms with Gasteiger partial charge in [-0.15, -0.1) is 0 Å². The molecule has 1 aromatic rings. The molecule has 1 aliphatic rings. The van der Waals surface area contributed by atoms with Gasteiger partial charge in [0.1, 0.15) is 6.61 Å². The van der Waals surface area contributed by atoms with E-state index in [2.05, 4.69) is 9.98 Å². The molecule has 2 N–H and O–H groups in total. The van der Waals surface area contributed by atoms with Crippen LogP contribution in [0.3, 0.4) is 0 Å². The summed E-state index contributed by atoms with van der Waals surface area (Å²) in [7, 11) is 0. The van der Waals surface area contributed by atoms with Gasteiger partial charge in [0.15, 0.2) is 6.79 Å². The van der Waals surface area contributed by atoms with E-state index in [0.717, 1.165) is 5.56 Å². The van der Waals surface area contributed by atoms with Crippen molar-refractivity contribution in [2.24, 2.45) is 15.7 Å². The van der Waals surface area contributed by atoms with E-state index >= 15 is 0 Å². The highest BCUT2D eigenvalue weighted by molar-refractivity contribution is 5.93. The Balaban J connectivity index is 1.94. The van der Waals surface area contributed by atoms with Gasteiger partial charge in [0.2, 0.25) is 11.9 Å². The predicted molar refractivity (Wildman–Crippen MR) is 61.1 cm³/mol. The fourth-order valence-corrected chi connectivity index (χ4v) is 1.26. The van der Waals surface area contributed by atoms with Gasteiger partial charge < -0.3 is 15.2 Å². The number of aliphatic imine (C=N–C) groups is 2. The van der Waals surface area contributed by atoms with Crippen LogP contribution in [0.2, 0.25) is 0 Å². The highest BCUT2D eigenvalue weighted by atomic mass is 16.7. The van der Waals surface area contributed by atoms with Crippen molar-refractivity contribution >= 4 is 11.9 Å². The van der Waals surface area contributed by atoms with Crippen molar-refractivity contribution < 1.29 is 9.47 Å². The molecule has 1 saturated heterocycles. The standard InChI is InChI=1S/C11H13N3O2/c12-11(14-10-7-15-8-16-10)13-6-9-4-2-1-3-5-9/h1-5H,6-8H2,(H2,12,13). The second-order valence-corrected chi connectivity index (χ2v) is 3.28. The molecule has 5 heteroatoms. The Kier molecular flexibility index (Phi) is 3.50. The van der Waals surface area contributed by atoms with Crippen molar-refractivity contribution in [2.75, 3.05) is 13.4 Å². The van der Waals surface area contributed by atoms with E-state index in [-0.39, 0.29) is 12.8 Å². The van der Waals surface area contributed by atoms with Crippen LogP contribution in [0.5, 0.6) is 0 Å². The van der Waals surface area contributed by atoms with Gasteiger partial charge in [-0.2, -0.15) is 4.99 Å². The predicted octanol–water partition coefficient (Wildman–Crippen LogP) is 0.904. The van der Waals surface area contributed by atoms with Crippen LogP contribution in [0.1, 0.15) is 5.56 Å². The molecule has 0 aromatic heterocycles. The Bertz CT molecular complexity index is 393. The van der Waals surface area contributed by atoms with Crippen LogP contribution in [-0.2, 0) is 16.0 Å². The Labute approximate surface area is 93.6 Å². The average Bonchev–Trinajstić information content (AvgIpc) is 2.81. The zero-order chi connectivity index (χ0) is 11.2. The molecule has 0 unspecified atom stereocenters. The molecule has 0 aliphatic carbocycles. The number of benzene rings is 1.